The maximum Gasteiger partial charge on any atom is 0.196 e. The number of rotatable bonds is 4. The van der Waals surface area contributed by atoms with Crippen LogP contribution in [0, 0.1) is 5.41 Å². The van der Waals surface area contributed by atoms with E-state index in [1.807, 2.05) is 0 Å². The van der Waals surface area contributed by atoms with Gasteiger partial charge in [-0.1, -0.05) is 0 Å². The normalized spacial score (nSPS) is 10.4. The maximum atomic E-state index is 10.7. The number of carbonyl (C=O) groups is 4. The Bertz CT molecular complexity index is 192. The molecule has 0 bridgehead atoms. The molecule has 0 atom stereocenters. The molecule has 0 aromatic rings. The van der Waals surface area contributed by atoms with Crippen molar-refractivity contribution in [2.24, 2.45) is 5.41 Å². The van der Waals surface area contributed by atoms with E-state index in [1.54, 1.807) is 0 Å². The highest BCUT2D eigenvalue weighted by Gasteiger charge is 2.40. The molecule has 0 aliphatic carbocycles. The van der Waals surface area contributed by atoms with Crippen molar-refractivity contribution in [3.63, 3.8) is 0 Å². The molecule has 0 fully saturated rings. The van der Waals surface area contributed by atoms with Gasteiger partial charge in [0.25, 0.3) is 0 Å². The average molecular weight is 156 g/mol. The monoisotopic (exact) mass is 156 g/mol. The van der Waals surface area contributed by atoms with Gasteiger partial charge in [0.15, 0.2) is 17.0 Å². The van der Waals surface area contributed by atoms with Crippen LogP contribution in [0.1, 0.15) is 13.8 Å². The van der Waals surface area contributed by atoms with E-state index in [0.717, 1.165) is 13.8 Å². The van der Waals surface area contributed by atoms with Crippen LogP contribution in [0.4, 0.5) is 0 Å². The molecule has 11 heavy (non-hydrogen) atoms. The number of hydrogen-bond donors (Lipinski definition) is 0. The molecule has 60 valence electrons. The number of carbonyl (C=O) groups excluding carboxylic acids is 4. The van der Waals surface area contributed by atoms with Gasteiger partial charge in [-0.25, -0.2) is 0 Å². The second-order valence-electron chi connectivity index (χ2n) is 2.22. The molecule has 0 aromatic carbocycles. The van der Waals surface area contributed by atoms with E-state index in [9.17, 15) is 19.2 Å². The minimum Gasteiger partial charge on any atom is -0.301 e. The lowest BCUT2D eigenvalue weighted by Gasteiger charge is -2.12. The molecule has 0 saturated carbocycles. The first-order valence-corrected chi connectivity index (χ1v) is 2.96. The number of Topliss-reactive ketones (excluding diaryl/α,β-unsaturated/α-hetero) is 2. The van der Waals surface area contributed by atoms with Crippen molar-refractivity contribution in [1.29, 1.82) is 0 Å². The van der Waals surface area contributed by atoms with E-state index < -0.39 is 17.0 Å². The molecule has 0 amide bonds. The van der Waals surface area contributed by atoms with E-state index in [4.69, 9.17) is 0 Å². The third-order valence-electron chi connectivity index (χ3n) is 1.54. The minimum atomic E-state index is -2.06. The van der Waals surface area contributed by atoms with Gasteiger partial charge in [-0.15, -0.1) is 0 Å². The van der Waals surface area contributed by atoms with E-state index >= 15 is 0 Å². The molecule has 0 aliphatic heterocycles. The summed E-state index contributed by atoms with van der Waals surface area (Å²) in [4.78, 5) is 41.9. The molecular formula is C7H8O4. The lowest BCUT2D eigenvalue weighted by Crippen LogP contribution is -2.39. The fourth-order valence-corrected chi connectivity index (χ4v) is 0.608. The van der Waals surface area contributed by atoms with E-state index in [-0.39, 0.29) is 12.6 Å². The average Bonchev–Trinajstić information content (AvgIpc) is 1.90. The van der Waals surface area contributed by atoms with Crippen molar-refractivity contribution in [3.8, 4) is 0 Å². The second kappa shape index (κ2) is 3.18. The Morgan fingerprint density at radius 2 is 1.27 bits per heavy atom. The van der Waals surface area contributed by atoms with Crippen molar-refractivity contribution in [2.75, 3.05) is 0 Å². The van der Waals surface area contributed by atoms with Crippen molar-refractivity contribution < 1.29 is 19.2 Å². The van der Waals surface area contributed by atoms with Crippen LogP contribution >= 0.6 is 0 Å². The van der Waals surface area contributed by atoms with Crippen LogP contribution in [0.15, 0.2) is 0 Å². The summed E-state index contributed by atoms with van der Waals surface area (Å²) in [7, 11) is 0. The Morgan fingerprint density at radius 1 is 1.00 bits per heavy atom. The molecule has 0 unspecified atom stereocenters. The molecule has 4 heteroatoms. The number of aldehydes is 2. The summed E-state index contributed by atoms with van der Waals surface area (Å²) in [5.41, 5.74) is -2.06. The fourth-order valence-electron chi connectivity index (χ4n) is 0.608. The van der Waals surface area contributed by atoms with Gasteiger partial charge in [-0.2, -0.15) is 0 Å². The summed E-state index contributed by atoms with van der Waals surface area (Å²) < 4.78 is 0. The standard InChI is InChI=1S/C7H8O4/c1-5(10)7(3-8,4-9)6(2)11/h3-4H,1-2H3. The Morgan fingerprint density at radius 3 is 1.27 bits per heavy atom. The molecule has 0 aromatic heterocycles. The highest BCUT2D eigenvalue weighted by atomic mass is 16.2. The quantitative estimate of drug-likeness (QED) is 0.408. The van der Waals surface area contributed by atoms with Gasteiger partial charge in [-0.3, -0.25) is 9.59 Å². The third-order valence-corrected chi connectivity index (χ3v) is 1.54. The van der Waals surface area contributed by atoms with Crippen LogP contribution in [-0.4, -0.2) is 24.1 Å². The molecule has 0 N–H and O–H groups in total. The van der Waals surface area contributed by atoms with Crippen LogP contribution < -0.4 is 0 Å². The van der Waals surface area contributed by atoms with Crippen LogP contribution in [-0.2, 0) is 19.2 Å². The van der Waals surface area contributed by atoms with Crippen LogP contribution in [0.3, 0.4) is 0 Å². The molecule has 0 saturated heterocycles. The van der Waals surface area contributed by atoms with E-state index in [0.29, 0.717) is 0 Å². The topological polar surface area (TPSA) is 68.3 Å². The van der Waals surface area contributed by atoms with Gasteiger partial charge in [0.2, 0.25) is 0 Å². The van der Waals surface area contributed by atoms with Crippen molar-refractivity contribution >= 4 is 24.1 Å². The molecule has 4 nitrogen and oxygen atoms in total. The van der Waals surface area contributed by atoms with Gasteiger partial charge in [0, 0.05) is 0 Å². The van der Waals surface area contributed by atoms with Crippen LogP contribution in [0.25, 0.3) is 0 Å². The summed E-state index contributed by atoms with van der Waals surface area (Å²) >= 11 is 0. The predicted molar refractivity (Wildman–Crippen MR) is 35.9 cm³/mol. The highest BCUT2D eigenvalue weighted by molar-refractivity contribution is 6.28. The van der Waals surface area contributed by atoms with Gasteiger partial charge in [-0.05, 0) is 13.8 Å². The zero-order valence-electron chi connectivity index (χ0n) is 6.29. The highest BCUT2D eigenvalue weighted by Crippen LogP contribution is 2.12. The zero-order chi connectivity index (χ0) is 9.07. The largest absolute Gasteiger partial charge is 0.301 e. The third kappa shape index (κ3) is 1.39. The molecule has 0 aliphatic rings. The lowest BCUT2D eigenvalue weighted by atomic mass is 9.84. The second-order valence-corrected chi connectivity index (χ2v) is 2.22. The van der Waals surface area contributed by atoms with Crippen LogP contribution in [0.5, 0.6) is 0 Å². The maximum absolute atomic E-state index is 10.7. The first-order chi connectivity index (χ1) is 5.01. The minimum absolute atomic E-state index is 0.0741. The molecule has 0 radical (unpaired) electrons. The van der Waals surface area contributed by atoms with Crippen molar-refractivity contribution in [1.82, 2.24) is 0 Å². The Kier molecular flexibility index (Phi) is 2.80. The summed E-state index contributed by atoms with van der Waals surface area (Å²) in [6.45, 7) is 2.06. The first-order valence-electron chi connectivity index (χ1n) is 2.96. The summed E-state index contributed by atoms with van der Waals surface area (Å²) in [6.07, 6.45) is 0.148. The van der Waals surface area contributed by atoms with E-state index in [2.05, 4.69) is 0 Å². The van der Waals surface area contributed by atoms with Gasteiger partial charge < -0.3 is 9.59 Å². The SMILES string of the molecule is CC(=O)C(C=O)(C=O)C(C)=O. The molecule has 0 spiro atoms. The first kappa shape index (κ1) is 9.68. The smallest absolute Gasteiger partial charge is 0.196 e. The van der Waals surface area contributed by atoms with E-state index in [1.165, 1.54) is 0 Å². The molecule has 0 rings (SSSR count). The molecular weight excluding hydrogens is 148 g/mol. The Labute approximate surface area is 63.6 Å². The van der Waals surface area contributed by atoms with Gasteiger partial charge >= 0.3 is 0 Å². The fraction of sp³-hybridized carbons (Fsp3) is 0.429. The molecule has 0 heterocycles. The zero-order valence-corrected chi connectivity index (χ0v) is 6.29. The summed E-state index contributed by atoms with van der Waals surface area (Å²) in [5, 5.41) is 0. The number of hydrogen-bond acceptors (Lipinski definition) is 4. The van der Waals surface area contributed by atoms with Gasteiger partial charge in [0.1, 0.15) is 12.6 Å². The Hall–Kier alpha value is -1.32. The number of ketones is 2. The predicted octanol–water partition coefficient (Wildman–Crippen LogP) is -0.451. The van der Waals surface area contributed by atoms with Gasteiger partial charge in [0.05, 0.1) is 0 Å². The van der Waals surface area contributed by atoms with Crippen molar-refractivity contribution in [2.45, 2.75) is 13.8 Å². The van der Waals surface area contributed by atoms with Crippen molar-refractivity contribution in [3.05, 3.63) is 0 Å². The summed E-state index contributed by atoms with van der Waals surface area (Å²) in [5.74, 6) is -1.48. The Balaban J connectivity index is 5.07. The lowest BCUT2D eigenvalue weighted by molar-refractivity contribution is -0.145. The van der Waals surface area contributed by atoms with Crippen LogP contribution in [0.2, 0.25) is 0 Å². The summed E-state index contributed by atoms with van der Waals surface area (Å²) in [6, 6.07) is 0.